The van der Waals surface area contributed by atoms with E-state index in [0.717, 1.165) is 0 Å². The lowest BCUT2D eigenvalue weighted by molar-refractivity contribution is -0.0385. The highest BCUT2D eigenvalue weighted by Gasteiger charge is 2.76. The average Bonchev–Trinajstić information content (AvgIpc) is 2.45. The second kappa shape index (κ2) is 3.48. The maximum Gasteiger partial charge on any atom is 0.464 e. The molecule has 20 heavy (non-hydrogen) atoms. The molecule has 1 aliphatic heterocycles. The maximum absolute atomic E-state index is 6.25. The molecule has 0 radical (unpaired) electrons. The van der Waals surface area contributed by atoms with E-state index in [0.29, 0.717) is 5.41 Å². The summed E-state index contributed by atoms with van der Waals surface area (Å²) in [5.74, 6) is 0. The molecule has 0 N–H and O–H groups in total. The molecule has 3 aliphatic carbocycles. The maximum atomic E-state index is 6.25. The SMILES string of the molecule is CC1(C)OB(C23CC(c4cccnc4)(C2)C3)OC1(C)C. The van der Waals surface area contributed by atoms with E-state index in [4.69, 9.17) is 9.31 Å². The predicted molar refractivity (Wildman–Crippen MR) is 78.5 cm³/mol. The lowest BCUT2D eigenvalue weighted by atomic mass is 9.23. The van der Waals surface area contributed by atoms with E-state index in [1.807, 2.05) is 18.5 Å². The minimum Gasteiger partial charge on any atom is -0.403 e. The minimum absolute atomic E-state index is 0.0361. The molecule has 106 valence electrons. The number of hydrogen-bond donors (Lipinski definition) is 0. The Morgan fingerprint density at radius 1 is 1.05 bits per heavy atom. The van der Waals surface area contributed by atoms with Gasteiger partial charge in [0, 0.05) is 17.7 Å². The summed E-state index contributed by atoms with van der Waals surface area (Å²) in [6.07, 6.45) is 7.42. The smallest absolute Gasteiger partial charge is 0.403 e. The fourth-order valence-corrected chi connectivity index (χ4v) is 4.19. The number of pyridine rings is 1. The van der Waals surface area contributed by atoms with Gasteiger partial charge in [0.15, 0.2) is 0 Å². The van der Waals surface area contributed by atoms with Crippen molar-refractivity contribution in [3.8, 4) is 0 Å². The minimum atomic E-state index is -0.214. The Bertz CT molecular complexity index is 519. The Morgan fingerprint density at radius 3 is 2.15 bits per heavy atom. The Labute approximate surface area is 121 Å². The van der Waals surface area contributed by atoms with Crippen molar-refractivity contribution in [1.82, 2.24) is 4.98 Å². The first-order valence-electron chi connectivity index (χ1n) is 7.55. The van der Waals surface area contributed by atoms with E-state index in [9.17, 15) is 0 Å². The normalized spacial score (nSPS) is 40.1. The fourth-order valence-electron chi connectivity index (χ4n) is 4.19. The number of nitrogens with zero attached hydrogens (tertiary/aromatic N) is 1. The first kappa shape index (κ1) is 12.8. The van der Waals surface area contributed by atoms with Gasteiger partial charge in [-0.15, -0.1) is 0 Å². The highest BCUT2D eigenvalue weighted by Crippen LogP contribution is 2.80. The molecule has 5 rings (SSSR count). The van der Waals surface area contributed by atoms with Crippen molar-refractivity contribution < 1.29 is 9.31 Å². The predicted octanol–water partition coefficient (Wildman–Crippen LogP) is 3.35. The summed E-state index contributed by atoms with van der Waals surface area (Å²) < 4.78 is 12.5. The van der Waals surface area contributed by atoms with Crippen LogP contribution in [0.2, 0.25) is 5.31 Å². The van der Waals surface area contributed by atoms with Crippen LogP contribution in [0.15, 0.2) is 24.5 Å². The van der Waals surface area contributed by atoms with Crippen LogP contribution in [0.4, 0.5) is 0 Å². The number of rotatable bonds is 2. The lowest BCUT2D eigenvalue weighted by Crippen LogP contribution is -2.66. The highest BCUT2D eigenvalue weighted by atomic mass is 16.7. The van der Waals surface area contributed by atoms with Crippen LogP contribution in [0.25, 0.3) is 0 Å². The second-order valence-corrected chi connectivity index (χ2v) is 8.00. The molecule has 0 atom stereocenters. The quantitative estimate of drug-likeness (QED) is 0.773. The van der Waals surface area contributed by atoms with E-state index in [2.05, 4.69) is 38.7 Å². The van der Waals surface area contributed by atoms with Crippen LogP contribution in [-0.2, 0) is 14.7 Å². The molecular formula is C16H22BNO2. The van der Waals surface area contributed by atoms with Gasteiger partial charge >= 0.3 is 7.12 Å². The van der Waals surface area contributed by atoms with Crippen molar-refractivity contribution in [3.05, 3.63) is 30.1 Å². The van der Waals surface area contributed by atoms with E-state index in [-0.39, 0.29) is 23.6 Å². The van der Waals surface area contributed by atoms with E-state index >= 15 is 0 Å². The summed E-state index contributed by atoms with van der Waals surface area (Å²) in [7, 11) is -0.0361. The van der Waals surface area contributed by atoms with Crippen LogP contribution in [0.3, 0.4) is 0 Å². The van der Waals surface area contributed by atoms with Crippen LogP contribution in [0.5, 0.6) is 0 Å². The molecule has 4 fully saturated rings. The molecule has 0 spiro atoms. The van der Waals surface area contributed by atoms with Crippen LogP contribution < -0.4 is 0 Å². The summed E-state index contributed by atoms with van der Waals surface area (Å²) in [6.45, 7) is 8.54. The van der Waals surface area contributed by atoms with Crippen LogP contribution in [0, 0.1) is 0 Å². The molecule has 0 aromatic carbocycles. The fraction of sp³-hybridized carbons (Fsp3) is 0.688. The van der Waals surface area contributed by atoms with Crippen molar-refractivity contribution in [2.24, 2.45) is 0 Å². The van der Waals surface area contributed by atoms with Gasteiger partial charge < -0.3 is 9.31 Å². The summed E-state index contributed by atoms with van der Waals surface area (Å²) in [4.78, 5) is 4.26. The van der Waals surface area contributed by atoms with Crippen molar-refractivity contribution in [1.29, 1.82) is 0 Å². The van der Waals surface area contributed by atoms with Gasteiger partial charge in [-0.2, -0.15) is 0 Å². The van der Waals surface area contributed by atoms with E-state index in [1.54, 1.807) is 0 Å². The van der Waals surface area contributed by atoms with Gasteiger partial charge in [0.25, 0.3) is 0 Å². The standard InChI is InChI=1S/C16H22BNO2/c1-13(2)14(3,4)20-17(19-13)16-9-15(10-16,11-16)12-6-5-7-18-8-12/h5-8H,9-11H2,1-4H3. The molecule has 2 heterocycles. The van der Waals surface area contributed by atoms with E-state index < -0.39 is 0 Å². The Balaban J connectivity index is 1.51. The van der Waals surface area contributed by atoms with Gasteiger partial charge in [0.05, 0.1) is 11.2 Å². The molecule has 1 saturated heterocycles. The largest absolute Gasteiger partial charge is 0.464 e. The molecule has 2 bridgehead atoms. The van der Waals surface area contributed by atoms with Crippen molar-refractivity contribution in [2.75, 3.05) is 0 Å². The first-order chi connectivity index (χ1) is 9.29. The van der Waals surface area contributed by atoms with Gasteiger partial charge in [-0.25, -0.2) is 0 Å². The molecule has 1 aromatic heterocycles. The van der Waals surface area contributed by atoms with E-state index in [1.165, 1.54) is 24.8 Å². The van der Waals surface area contributed by atoms with Crippen LogP contribution in [-0.4, -0.2) is 23.3 Å². The Hall–Kier alpha value is -0.865. The molecular weight excluding hydrogens is 249 g/mol. The molecule has 0 amide bonds. The van der Waals surface area contributed by atoms with Crippen molar-refractivity contribution >= 4 is 7.12 Å². The highest BCUT2D eigenvalue weighted by molar-refractivity contribution is 6.51. The van der Waals surface area contributed by atoms with Crippen LogP contribution >= 0.6 is 0 Å². The third-order valence-corrected chi connectivity index (χ3v) is 6.10. The zero-order valence-corrected chi connectivity index (χ0v) is 12.8. The van der Waals surface area contributed by atoms with Gasteiger partial charge in [0.1, 0.15) is 0 Å². The van der Waals surface area contributed by atoms with Gasteiger partial charge in [-0.1, -0.05) is 6.07 Å². The monoisotopic (exact) mass is 271 g/mol. The van der Waals surface area contributed by atoms with Crippen molar-refractivity contribution in [3.63, 3.8) is 0 Å². The van der Waals surface area contributed by atoms with Gasteiger partial charge in [-0.3, -0.25) is 4.98 Å². The topological polar surface area (TPSA) is 31.4 Å². The molecule has 3 saturated carbocycles. The molecule has 4 heteroatoms. The number of hydrogen-bond acceptors (Lipinski definition) is 3. The zero-order valence-electron chi connectivity index (χ0n) is 12.8. The molecule has 3 nitrogen and oxygen atoms in total. The zero-order chi connectivity index (χ0) is 14.2. The summed E-state index contributed by atoms with van der Waals surface area (Å²) in [5, 5.41) is 0.251. The summed E-state index contributed by atoms with van der Waals surface area (Å²) in [6, 6.07) is 4.25. The number of aromatic nitrogens is 1. The second-order valence-electron chi connectivity index (χ2n) is 8.00. The first-order valence-corrected chi connectivity index (χ1v) is 7.55. The Morgan fingerprint density at radius 2 is 1.65 bits per heavy atom. The summed E-state index contributed by atoms with van der Waals surface area (Å²) in [5.41, 5.74) is 1.32. The summed E-state index contributed by atoms with van der Waals surface area (Å²) >= 11 is 0. The average molecular weight is 271 g/mol. The molecule has 0 unspecified atom stereocenters. The Kier molecular flexibility index (Phi) is 2.23. The molecule has 1 aromatic rings. The third kappa shape index (κ3) is 1.42. The lowest BCUT2D eigenvalue weighted by Gasteiger charge is -2.71. The van der Waals surface area contributed by atoms with Crippen LogP contribution in [0.1, 0.15) is 52.5 Å². The third-order valence-electron chi connectivity index (χ3n) is 6.10. The van der Waals surface area contributed by atoms with Crippen molar-refractivity contribution in [2.45, 2.75) is 68.9 Å². The van der Waals surface area contributed by atoms with Gasteiger partial charge in [-0.05, 0) is 64.0 Å². The molecule has 4 aliphatic rings. The van der Waals surface area contributed by atoms with Gasteiger partial charge in [0.2, 0.25) is 0 Å².